The van der Waals surface area contributed by atoms with E-state index in [1.54, 1.807) is 0 Å². The van der Waals surface area contributed by atoms with Crippen LogP contribution >= 0.6 is 0 Å². The number of allylic oxidation sites excluding steroid dienone is 6. The van der Waals surface area contributed by atoms with E-state index in [0.29, 0.717) is 19.3 Å². The molecule has 0 aliphatic heterocycles. The molecule has 0 aromatic rings. The molecule has 0 saturated carbocycles. The number of unbranched alkanes of at least 4 members (excludes halogenated alkanes) is 16. The van der Waals surface area contributed by atoms with Crippen LogP contribution in [0.5, 0.6) is 0 Å². The van der Waals surface area contributed by atoms with Gasteiger partial charge in [-0.05, 0) is 44.9 Å². The molecule has 0 aliphatic carbocycles. The average molecular weight is 721 g/mol. The van der Waals surface area contributed by atoms with Crippen molar-refractivity contribution >= 4 is 17.9 Å². The molecule has 0 aliphatic rings. The smallest absolute Gasteiger partial charge is 0.362 e. The topological polar surface area (TPSA) is 99.1 Å². The Morgan fingerprint density at radius 1 is 0.588 bits per heavy atom. The maximum atomic E-state index is 12.6. The van der Waals surface area contributed by atoms with Crippen LogP contribution in [0.2, 0.25) is 0 Å². The van der Waals surface area contributed by atoms with Gasteiger partial charge >= 0.3 is 17.9 Å². The minimum absolute atomic E-state index is 0.0473. The summed E-state index contributed by atoms with van der Waals surface area (Å²) < 4.78 is 17.2. The van der Waals surface area contributed by atoms with Gasteiger partial charge in [0, 0.05) is 19.3 Å². The highest BCUT2D eigenvalue weighted by molar-refractivity contribution is 5.72. The molecule has 1 N–H and O–H groups in total. The van der Waals surface area contributed by atoms with Gasteiger partial charge in [-0.1, -0.05) is 140 Å². The Balaban J connectivity index is 4.44. The maximum absolute atomic E-state index is 12.6. The largest absolute Gasteiger partial charge is 0.477 e. The molecule has 2 unspecified atom stereocenters. The van der Waals surface area contributed by atoms with Crippen LogP contribution in [0, 0.1) is 0 Å². The van der Waals surface area contributed by atoms with Gasteiger partial charge in [0.2, 0.25) is 0 Å². The lowest BCUT2D eigenvalue weighted by Crippen LogP contribution is -2.50. The lowest BCUT2D eigenvalue weighted by molar-refractivity contribution is -0.887. The molecule has 0 heterocycles. The Hall–Kier alpha value is -2.45. The summed E-state index contributed by atoms with van der Waals surface area (Å²) in [7, 11) is 5.50. The molecule has 0 bridgehead atoms. The van der Waals surface area contributed by atoms with Crippen LogP contribution in [0.15, 0.2) is 36.5 Å². The summed E-state index contributed by atoms with van der Waals surface area (Å²) in [6.45, 7) is 4.65. The number of ether oxygens (including phenoxy) is 3. The second-order valence-corrected chi connectivity index (χ2v) is 14.9. The molecule has 296 valence electrons. The van der Waals surface area contributed by atoms with Gasteiger partial charge < -0.3 is 23.8 Å². The summed E-state index contributed by atoms with van der Waals surface area (Å²) in [6, 6.07) is -0.619. The van der Waals surface area contributed by atoms with Crippen LogP contribution in [0.3, 0.4) is 0 Å². The van der Waals surface area contributed by atoms with E-state index in [-0.39, 0.29) is 42.7 Å². The van der Waals surface area contributed by atoms with Crippen molar-refractivity contribution < 1.29 is 38.2 Å². The summed E-state index contributed by atoms with van der Waals surface area (Å²) in [5.41, 5.74) is 0. The predicted octanol–water partition coefficient (Wildman–Crippen LogP) is 10.7. The lowest BCUT2D eigenvalue weighted by Gasteiger charge is -2.31. The summed E-state index contributed by atoms with van der Waals surface area (Å²) >= 11 is 0. The zero-order valence-electron chi connectivity index (χ0n) is 33.6. The number of hydrogen-bond acceptors (Lipinski definition) is 6. The number of carbonyl (C=O) groups excluding carboxylic acids is 2. The molecular weight excluding hydrogens is 642 g/mol. The number of nitrogens with zero attached hydrogens (tertiary/aromatic N) is 1. The van der Waals surface area contributed by atoms with E-state index in [4.69, 9.17) is 14.2 Å². The van der Waals surface area contributed by atoms with Gasteiger partial charge in [-0.15, -0.1) is 0 Å². The number of carboxylic acids is 1. The molecule has 0 aromatic carbocycles. The maximum Gasteiger partial charge on any atom is 0.362 e. The molecule has 8 heteroatoms. The third kappa shape index (κ3) is 33.2. The Kier molecular flexibility index (Phi) is 33.0. The number of quaternary nitrogens is 1. The second kappa shape index (κ2) is 34.6. The van der Waals surface area contributed by atoms with Crippen LogP contribution in [0.1, 0.15) is 168 Å². The Bertz CT molecular complexity index is 937. The fourth-order valence-electron chi connectivity index (χ4n) is 5.81. The van der Waals surface area contributed by atoms with E-state index in [0.717, 1.165) is 38.5 Å². The number of aliphatic carboxylic acids is 1. The number of rotatable bonds is 36. The van der Waals surface area contributed by atoms with Gasteiger partial charge in [-0.2, -0.15) is 0 Å². The van der Waals surface area contributed by atoms with E-state index in [1.807, 2.05) is 21.1 Å². The quantitative estimate of drug-likeness (QED) is 0.0298. The molecule has 0 aromatic heterocycles. The van der Waals surface area contributed by atoms with E-state index >= 15 is 0 Å². The van der Waals surface area contributed by atoms with Crippen molar-refractivity contribution in [1.29, 1.82) is 0 Å². The monoisotopic (exact) mass is 721 g/mol. The molecular formula is C43H78NO7+. The third-order valence-electron chi connectivity index (χ3n) is 9.04. The van der Waals surface area contributed by atoms with Gasteiger partial charge in [0.15, 0.2) is 12.1 Å². The van der Waals surface area contributed by atoms with Crippen molar-refractivity contribution in [1.82, 2.24) is 0 Å². The first-order valence-corrected chi connectivity index (χ1v) is 20.5. The lowest BCUT2D eigenvalue weighted by atomic mass is 10.1. The van der Waals surface area contributed by atoms with Crippen LogP contribution < -0.4 is 0 Å². The van der Waals surface area contributed by atoms with E-state index < -0.39 is 18.1 Å². The molecule has 2 atom stereocenters. The second-order valence-electron chi connectivity index (χ2n) is 14.9. The normalized spacial score (nSPS) is 13.4. The van der Waals surface area contributed by atoms with Crippen molar-refractivity contribution in [2.75, 3.05) is 41.0 Å². The first-order valence-electron chi connectivity index (χ1n) is 20.5. The highest BCUT2D eigenvalue weighted by Gasteiger charge is 2.31. The molecule has 8 nitrogen and oxygen atoms in total. The molecule has 0 saturated heterocycles. The van der Waals surface area contributed by atoms with Gasteiger partial charge in [0.1, 0.15) is 6.61 Å². The highest BCUT2D eigenvalue weighted by atomic mass is 16.6. The van der Waals surface area contributed by atoms with Crippen LogP contribution in [-0.2, 0) is 28.6 Å². The van der Waals surface area contributed by atoms with Crippen molar-refractivity contribution in [2.45, 2.75) is 180 Å². The highest BCUT2D eigenvalue weighted by Crippen LogP contribution is 2.13. The number of esters is 2. The Morgan fingerprint density at radius 2 is 1.06 bits per heavy atom. The van der Waals surface area contributed by atoms with E-state index in [2.05, 4.69) is 50.3 Å². The Labute approximate surface area is 313 Å². The molecule has 51 heavy (non-hydrogen) atoms. The number of carbonyl (C=O) groups is 3. The molecule has 0 fully saturated rings. The fraction of sp³-hybridized carbons (Fsp3) is 0.791. The zero-order chi connectivity index (χ0) is 37.8. The fourth-order valence-corrected chi connectivity index (χ4v) is 5.81. The minimum Gasteiger partial charge on any atom is -0.477 e. The van der Waals surface area contributed by atoms with Gasteiger partial charge in [-0.25, -0.2) is 4.79 Å². The summed E-state index contributed by atoms with van der Waals surface area (Å²) in [5, 5.41) is 9.58. The minimum atomic E-state index is -0.882. The third-order valence-corrected chi connectivity index (χ3v) is 9.04. The van der Waals surface area contributed by atoms with Gasteiger partial charge in [0.05, 0.1) is 34.4 Å². The molecule has 0 radical (unpaired) electrons. The first-order chi connectivity index (χ1) is 24.6. The summed E-state index contributed by atoms with van der Waals surface area (Å²) in [4.78, 5) is 36.8. The predicted molar refractivity (Wildman–Crippen MR) is 211 cm³/mol. The number of hydrogen-bond donors (Lipinski definition) is 1. The van der Waals surface area contributed by atoms with Crippen molar-refractivity contribution in [2.24, 2.45) is 0 Å². The van der Waals surface area contributed by atoms with Crippen molar-refractivity contribution in [3.63, 3.8) is 0 Å². The Morgan fingerprint density at radius 3 is 1.59 bits per heavy atom. The number of carboxylic acid groups (broad SMARTS) is 1. The summed E-state index contributed by atoms with van der Waals surface area (Å²) in [6.07, 6.45) is 37.6. The van der Waals surface area contributed by atoms with E-state index in [9.17, 15) is 19.5 Å². The average Bonchev–Trinajstić information content (AvgIpc) is 3.08. The summed E-state index contributed by atoms with van der Waals surface area (Å²) in [5.74, 6) is -1.53. The van der Waals surface area contributed by atoms with Crippen LogP contribution in [0.25, 0.3) is 0 Å². The van der Waals surface area contributed by atoms with Crippen LogP contribution in [-0.4, -0.2) is 80.6 Å². The van der Waals surface area contributed by atoms with Gasteiger partial charge in [0.25, 0.3) is 0 Å². The van der Waals surface area contributed by atoms with Crippen molar-refractivity contribution in [3.8, 4) is 0 Å². The standard InChI is InChI=1S/C43H77NO7/c1-6-8-10-12-14-16-18-19-20-21-22-23-24-26-27-29-31-33-41(45)50-38-39(37-49-36-35-40(43(47)48)44(3,4)5)51-42(46)34-32-30-28-25-17-15-13-11-9-7-2/h19-20,22-23,26-27,39-40H,6-18,21,24-25,28-38H2,1-5H3/p+1/b20-19+,23-22+,27-26+. The SMILES string of the molecule is CCCCCCCC/C=C/C/C=C/C/C=C/CCCC(=O)OCC(COCCC(C(=O)O)[N+](C)(C)C)OC(=O)CCCCCCCCCCCC. The van der Waals surface area contributed by atoms with Crippen LogP contribution in [0.4, 0.5) is 0 Å². The molecule has 0 rings (SSSR count). The zero-order valence-corrected chi connectivity index (χ0v) is 33.6. The molecule has 0 amide bonds. The van der Waals surface area contributed by atoms with Gasteiger partial charge in [-0.3, -0.25) is 9.59 Å². The van der Waals surface area contributed by atoms with E-state index in [1.165, 1.54) is 89.9 Å². The number of likely N-dealkylation sites (N-methyl/N-ethyl adjacent to an activating group) is 1. The molecule has 0 spiro atoms. The van der Waals surface area contributed by atoms with Crippen molar-refractivity contribution in [3.05, 3.63) is 36.5 Å². The first kappa shape index (κ1) is 48.5.